The highest BCUT2D eigenvalue weighted by Crippen LogP contribution is 2.29. The van der Waals surface area contributed by atoms with E-state index in [-0.39, 0.29) is 23.0 Å². The van der Waals surface area contributed by atoms with Gasteiger partial charge in [-0.15, -0.1) is 0 Å². The molecule has 0 spiro atoms. The predicted octanol–water partition coefficient (Wildman–Crippen LogP) is 5.92. The van der Waals surface area contributed by atoms with E-state index in [1.165, 1.54) is 59.9 Å². The lowest BCUT2D eigenvalue weighted by Gasteiger charge is -2.38. The molecule has 1 saturated heterocycles. The van der Waals surface area contributed by atoms with Crippen LogP contribution in [0.3, 0.4) is 0 Å². The summed E-state index contributed by atoms with van der Waals surface area (Å²) in [5.41, 5.74) is 7.20. The van der Waals surface area contributed by atoms with E-state index >= 15 is 0 Å². The molecule has 264 valence electrons. The first kappa shape index (κ1) is 41.2. The number of hydrogen-bond donors (Lipinski definition) is 0. The van der Waals surface area contributed by atoms with E-state index in [1.54, 1.807) is 0 Å². The summed E-state index contributed by atoms with van der Waals surface area (Å²) in [5.74, 6) is 0.687. The quantitative estimate of drug-likeness (QED) is 0.127. The van der Waals surface area contributed by atoms with Crippen LogP contribution in [0, 0.1) is 27.7 Å². The van der Waals surface area contributed by atoms with Crippen molar-refractivity contribution in [3.8, 4) is 0 Å². The van der Waals surface area contributed by atoms with Crippen LogP contribution in [0.1, 0.15) is 119 Å². The Morgan fingerprint density at radius 3 is 2.02 bits per heavy atom. The molecule has 1 aliphatic heterocycles. The number of hydrogen-bond acceptors (Lipinski definition) is 3. The Morgan fingerprint density at radius 1 is 0.787 bits per heavy atom. The van der Waals surface area contributed by atoms with E-state index in [4.69, 9.17) is 0 Å². The van der Waals surface area contributed by atoms with E-state index < -0.39 is 0 Å². The number of unbranched alkanes of at least 4 members (excludes halogenated alkanes) is 5. The number of carbonyl (C=O) groups is 2. The van der Waals surface area contributed by atoms with Crippen LogP contribution < -0.4 is 21.9 Å². The molecular formula is C41H66BrN3O2. The van der Waals surface area contributed by atoms with E-state index in [0.717, 1.165) is 88.0 Å². The Balaban J connectivity index is 0.00000768. The number of rotatable bonds is 20. The van der Waals surface area contributed by atoms with Crippen molar-refractivity contribution in [2.75, 3.05) is 50.7 Å². The summed E-state index contributed by atoms with van der Waals surface area (Å²) >= 11 is 0. The van der Waals surface area contributed by atoms with Crippen molar-refractivity contribution in [3.05, 3.63) is 64.2 Å². The highest BCUT2D eigenvalue weighted by atomic mass is 79.9. The summed E-state index contributed by atoms with van der Waals surface area (Å²) < 4.78 is 0.923. The molecule has 1 fully saturated rings. The number of nitrogens with zero attached hydrogens (tertiary/aromatic N) is 3. The normalized spacial score (nSPS) is 16.4. The largest absolute Gasteiger partial charge is 1.00 e. The third-order valence-electron chi connectivity index (χ3n) is 10.6. The van der Waals surface area contributed by atoms with Gasteiger partial charge in [-0.1, -0.05) is 75.9 Å². The molecule has 1 heterocycles. The Morgan fingerprint density at radius 2 is 1.40 bits per heavy atom. The zero-order valence-corrected chi connectivity index (χ0v) is 32.6. The third-order valence-corrected chi connectivity index (χ3v) is 10.6. The van der Waals surface area contributed by atoms with E-state index in [9.17, 15) is 9.59 Å². The Labute approximate surface area is 298 Å². The standard InChI is InChI=1S/C41H66N3O2.BrH/c1-8-11-28-43(40-35(6)23-20-24-36(40)7)41(46)39-25-15-17-27-42(39)26-16-13-12-14-18-30-44(10-3,29-9-2)32-37(45)31-38-33(4)21-19-22-34(38)5;/h19-24,39H,8-18,25-32H2,1-7H3;1H/q+1;/p-1/t39-,44?;/m0./s1. The predicted molar refractivity (Wildman–Crippen MR) is 196 cm³/mol. The molecule has 5 nitrogen and oxygen atoms in total. The van der Waals surface area contributed by atoms with E-state index in [2.05, 4.69) is 94.7 Å². The van der Waals surface area contributed by atoms with Crippen molar-refractivity contribution < 1.29 is 31.1 Å². The van der Waals surface area contributed by atoms with Gasteiger partial charge in [0.25, 0.3) is 0 Å². The number of benzene rings is 2. The highest BCUT2D eigenvalue weighted by Gasteiger charge is 2.33. The number of para-hydroxylation sites is 1. The fourth-order valence-electron chi connectivity index (χ4n) is 7.82. The monoisotopic (exact) mass is 711 g/mol. The Bertz CT molecular complexity index is 1210. The first-order chi connectivity index (χ1) is 22.2. The molecule has 3 rings (SSSR count). The first-order valence-electron chi connectivity index (χ1n) is 18.7. The van der Waals surface area contributed by atoms with Gasteiger partial charge in [0.2, 0.25) is 5.91 Å². The number of amides is 1. The maximum atomic E-state index is 14.1. The van der Waals surface area contributed by atoms with Gasteiger partial charge in [-0.05, 0) is 120 Å². The van der Waals surface area contributed by atoms with E-state index in [0.29, 0.717) is 24.7 Å². The Hall–Kier alpha value is -2.02. The molecule has 2 aromatic carbocycles. The lowest BCUT2D eigenvalue weighted by molar-refractivity contribution is -0.919. The summed E-state index contributed by atoms with van der Waals surface area (Å²) in [6, 6.07) is 12.7. The number of Topliss-reactive ketones (excluding diaryl/α,β-unsaturated/α-hetero) is 1. The molecule has 2 atom stereocenters. The minimum atomic E-state index is 0. The summed E-state index contributed by atoms with van der Waals surface area (Å²) in [5, 5.41) is 0. The molecule has 47 heavy (non-hydrogen) atoms. The van der Waals surface area contributed by atoms with Crippen LogP contribution in [0.2, 0.25) is 0 Å². The minimum absolute atomic E-state index is 0. The molecule has 0 aliphatic carbocycles. The van der Waals surface area contributed by atoms with Crippen molar-refractivity contribution in [2.45, 2.75) is 132 Å². The highest BCUT2D eigenvalue weighted by molar-refractivity contribution is 5.98. The van der Waals surface area contributed by atoms with Gasteiger partial charge in [0.1, 0.15) is 6.54 Å². The van der Waals surface area contributed by atoms with Gasteiger partial charge in [0.05, 0.1) is 25.7 Å². The molecule has 0 aromatic heterocycles. The van der Waals surface area contributed by atoms with Gasteiger partial charge in [0, 0.05) is 18.7 Å². The van der Waals surface area contributed by atoms with Crippen molar-refractivity contribution in [2.24, 2.45) is 0 Å². The van der Waals surface area contributed by atoms with Crippen LogP contribution >= 0.6 is 0 Å². The second-order valence-corrected chi connectivity index (χ2v) is 14.2. The van der Waals surface area contributed by atoms with Crippen LogP contribution in [0.5, 0.6) is 0 Å². The number of halogens is 1. The summed E-state index contributed by atoms with van der Waals surface area (Å²) in [6.07, 6.45) is 13.1. The summed E-state index contributed by atoms with van der Waals surface area (Å²) in [4.78, 5) is 32.1. The lowest BCUT2D eigenvalue weighted by Crippen LogP contribution is -3.00. The maximum Gasteiger partial charge on any atom is 0.244 e. The SMILES string of the molecule is CCCCN(C(=O)[C@@H]1CCCCN1CCCCCCC[N+](CC)(CCC)CC(=O)Cc1c(C)cccc1C)c1c(C)cccc1C.[Br-]. The second kappa shape index (κ2) is 21.1. The molecule has 0 radical (unpaired) electrons. The van der Waals surface area contributed by atoms with Crippen LogP contribution in [-0.2, 0) is 16.0 Å². The van der Waals surface area contributed by atoms with Crippen molar-refractivity contribution in [3.63, 3.8) is 0 Å². The van der Waals surface area contributed by atoms with Crippen molar-refractivity contribution in [1.82, 2.24) is 4.90 Å². The minimum Gasteiger partial charge on any atom is -1.00 e. The average molecular weight is 713 g/mol. The number of ketones is 1. The van der Waals surface area contributed by atoms with Gasteiger partial charge in [-0.25, -0.2) is 0 Å². The fourth-order valence-corrected chi connectivity index (χ4v) is 7.82. The number of anilines is 1. The molecule has 0 saturated carbocycles. The number of likely N-dealkylation sites (tertiary alicyclic amines) is 1. The smallest absolute Gasteiger partial charge is 0.244 e. The number of likely N-dealkylation sites (N-methyl/N-ethyl adjacent to an activating group) is 1. The van der Waals surface area contributed by atoms with Gasteiger partial charge in [-0.2, -0.15) is 0 Å². The van der Waals surface area contributed by atoms with Crippen LogP contribution in [0.25, 0.3) is 0 Å². The zero-order chi connectivity index (χ0) is 33.5. The zero-order valence-electron chi connectivity index (χ0n) is 31.0. The molecule has 2 aromatic rings. The van der Waals surface area contributed by atoms with Crippen molar-refractivity contribution in [1.29, 1.82) is 0 Å². The van der Waals surface area contributed by atoms with Gasteiger partial charge in [-0.3, -0.25) is 14.5 Å². The summed E-state index contributed by atoms with van der Waals surface area (Å²) in [7, 11) is 0. The number of carbonyl (C=O) groups excluding carboxylic acids is 2. The van der Waals surface area contributed by atoms with Crippen molar-refractivity contribution >= 4 is 17.4 Å². The number of quaternary nitrogens is 1. The number of piperidine rings is 1. The summed E-state index contributed by atoms with van der Waals surface area (Å²) in [6.45, 7) is 22.0. The van der Waals surface area contributed by atoms with Crippen LogP contribution in [0.4, 0.5) is 5.69 Å². The van der Waals surface area contributed by atoms with Crippen LogP contribution in [-0.4, -0.2) is 72.9 Å². The fraction of sp³-hybridized carbons (Fsp3) is 0.659. The van der Waals surface area contributed by atoms with Crippen LogP contribution in [0.15, 0.2) is 36.4 Å². The lowest BCUT2D eigenvalue weighted by atomic mass is 9.97. The van der Waals surface area contributed by atoms with Gasteiger partial charge in [0.15, 0.2) is 5.78 Å². The first-order valence-corrected chi connectivity index (χ1v) is 18.7. The van der Waals surface area contributed by atoms with Gasteiger partial charge >= 0.3 is 0 Å². The second-order valence-electron chi connectivity index (χ2n) is 14.2. The number of aryl methyl sites for hydroxylation is 4. The molecule has 0 bridgehead atoms. The molecule has 0 N–H and O–H groups in total. The third kappa shape index (κ3) is 12.1. The molecular weight excluding hydrogens is 646 g/mol. The molecule has 1 amide bonds. The Kier molecular flexibility index (Phi) is 18.5. The molecule has 6 heteroatoms. The average Bonchev–Trinajstić information content (AvgIpc) is 3.03. The maximum absolute atomic E-state index is 14.1. The topological polar surface area (TPSA) is 40.6 Å². The molecule has 1 unspecified atom stereocenters. The molecule has 1 aliphatic rings. The van der Waals surface area contributed by atoms with E-state index in [1.807, 2.05) is 0 Å². The van der Waals surface area contributed by atoms with Gasteiger partial charge < -0.3 is 26.4 Å².